The molecule has 0 aliphatic carbocycles. The van der Waals surface area contributed by atoms with E-state index >= 15 is 0 Å². The molecule has 36 heavy (non-hydrogen) atoms. The third-order valence-electron chi connectivity index (χ3n) is 5.76. The van der Waals surface area contributed by atoms with Crippen molar-refractivity contribution in [1.82, 2.24) is 19.4 Å². The summed E-state index contributed by atoms with van der Waals surface area (Å²) in [6, 6.07) is 8.29. The van der Waals surface area contributed by atoms with E-state index in [1.807, 2.05) is 32.0 Å². The van der Waals surface area contributed by atoms with Crippen LogP contribution in [0, 0.1) is 13.8 Å². The number of alkyl halides is 3. The maximum Gasteiger partial charge on any atom is 0.405 e. The zero-order valence-electron chi connectivity index (χ0n) is 19.9. The molecule has 0 saturated heterocycles. The molecule has 188 valence electrons. The van der Waals surface area contributed by atoms with Gasteiger partial charge in [-0.3, -0.25) is 14.4 Å². The standard InChI is InChI=1S/C25H23F3N4O4/c1-13-6-5-7-14(2)22(13)36-19-11-31(3)20(33)9-15(19)17-10-32(4)24(35)21-16(17)8-18(30-21)23(34)29-12-25(26,27)28/h5-11,30H,12H2,1-4H3,(H,29,34). The summed E-state index contributed by atoms with van der Waals surface area (Å²) >= 11 is 0. The van der Waals surface area contributed by atoms with Crippen LogP contribution < -0.4 is 21.2 Å². The minimum atomic E-state index is -4.59. The zero-order valence-corrected chi connectivity index (χ0v) is 19.9. The number of carbonyl (C=O) groups excluding carboxylic acids is 1. The summed E-state index contributed by atoms with van der Waals surface area (Å²) < 4.78 is 46.5. The molecule has 8 nitrogen and oxygen atoms in total. The predicted molar refractivity (Wildman–Crippen MR) is 129 cm³/mol. The summed E-state index contributed by atoms with van der Waals surface area (Å²) in [4.78, 5) is 40.4. The molecule has 1 amide bonds. The fourth-order valence-corrected chi connectivity index (χ4v) is 3.91. The van der Waals surface area contributed by atoms with Crippen molar-refractivity contribution < 1.29 is 22.7 Å². The summed E-state index contributed by atoms with van der Waals surface area (Å²) in [6.45, 7) is 2.24. The first-order valence-electron chi connectivity index (χ1n) is 10.9. The number of nitrogens with zero attached hydrogens (tertiary/aromatic N) is 2. The number of ether oxygens (including phenoxy) is 1. The molecular weight excluding hydrogens is 477 g/mol. The number of aryl methyl sites for hydroxylation is 4. The smallest absolute Gasteiger partial charge is 0.405 e. The SMILES string of the molecule is Cc1cccc(C)c1Oc1cn(C)c(=O)cc1-c1cn(C)c(=O)c2[nH]c(C(=O)NCC(F)(F)F)cc12. The number of aromatic nitrogens is 3. The normalized spacial score (nSPS) is 11.6. The van der Waals surface area contributed by atoms with E-state index in [4.69, 9.17) is 4.74 Å². The molecule has 11 heteroatoms. The van der Waals surface area contributed by atoms with Gasteiger partial charge in [0, 0.05) is 42.9 Å². The van der Waals surface area contributed by atoms with E-state index in [0.29, 0.717) is 22.6 Å². The Balaban J connectivity index is 1.91. The number of para-hydroxylation sites is 1. The maximum absolute atomic E-state index is 12.8. The quantitative estimate of drug-likeness (QED) is 0.434. The second kappa shape index (κ2) is 9.06. The number of rotatable bonds is 5. The molecule has 1 aromatic carbocycles. The Morgan fingerprint density at radius 3 is 2.33 bits per heavy atom. The third kappa shape index (κ3) is 4.77. The van der Waals surface area contributed by atoms with Crippen LogP contribution in [0.1, 0.15) is 21.6 Å². The molecule has 0 bridgehead atoms. The average Bonchev–Trinajstić information content (AvgIpc) is 3.25. The molecule has 3 aromatic heterocycles. The highest BCUT2D eigenvalue weighted by molar-refractivity contribution is 6.03. The van der Waals surface area contributed by atoms with Crippen molar-refractivity contribution in [2.75, 3.05) is 6.54 Å². The lowest BCUT2D eigenvalue weighted by atomic mass is 10.0. The van der Waals surface area contributed by atoms with E-state index in [-0.39, 0.29) is 22.2 Å². The van der Waals surface area contributed by atoms with Gasteiger partial charge in [0.05, 0.1) is 6.20 Å². The Morgan fingerprint density at radius 2 is 1.69 bits per heavy atom. The fraction of sp³-hybridized carbons (Fsp3) is 0.240. The highest BCUT2D eigenvalue weighted by Crippen LogP contribution is 2.37. The Labute approximate surface area is 202 Å². The number of halogens is 3. The molecule has 0 aliphatic heterocycles. The molecule has 3 heterocycles. The van der Waals surface area contributed by atoms with Crippen molar-refractivity contribution in [1.29, 1.82) is 0 Å². The van der Waals surface area contributed by atoms with Gasteiger partial charge in [0.1, 0.15) is 23.5 Å². The van der Waals surface area contributed by atoms with Gasteiger partial charge in [-0.15, -0.1) is 0 Å². The summed E-state index contributed by atoms with van der Waals surface area (Å²) in [5, 5.41) is 2.04. The van der Waals surface area contributed by atoms with Crippen molar-refractivity contribution in [3.8, 4) is 22.6 Å². The first-order chi connectivity index (χ1) is 16.9. The second-order valence-corrected chi connectivity index (χ2v) is 8.55. The van der Waals surface area contributed by atoms with Gasteiger partial charge in [0.25, 0.3) is 17.0 Å². The zero-order chi connectivity index (χ0) is 26.4. The first kappa shape index (κ1) is 24.8. The summed E-state index contributed by atoms with van der Waals surface area (Å²) in [5.41, 5.74) is 1.41. The summed E-state index contributed by atoms with van der Waals surface area (Å²) in [7, 11) is 3.06. The van der Waals surface area contributed by atoms with Crippen LogP contribution in [-0.4, -0.2) is 32.7 Å². The Hall–Kier alpha value is -4.28. The lowest BCUT2D eigenvalue weighted by molar-refractivity contribution is -0.123. The molecule has 0 saturated carbocycles. The largest absolute Gasteiger partial charge is 0.455 e. The number of fused-ring (bicyclic) bond motifs is 1. The van der Waals surface area contributed by atoms with Crippen LogP contribution >= 0.6 is 0 Å². The van der Waals surface area contributed by atoms with Crippen LogP contribution in [0.5, 0.6) is 11.5 Å². The number of carbonyl (C=O) groups is 1. The van der Waals surface area contributed by atoms with E-state index in [2.05, 4.69) is 4.98 Å². The highest BCUT2D eigenvalue weighted by atomic mass is 19.4. The van der Waals surface area contributed by atoms with Gasteiger partial charge in [-0.05, 0) is 31.0 Å². The summed E-state index contributed by atoms with van der Waals surface area (Å²) in [5.74, 6) is -0.106. The van der Waals surface area contributed by atoms with Gasteiger partial charge < -0.3 is 24.2 Å². The molecular formula is C25H23F3N4O4. The number of aromatic amines is 1. The van der Waals surface area contributed by atoms with Gasteiger partial charge in [0.15, 0.2) is 5.75 Å². The molecule has 0 fully saturated rings. The number of hydrogen-bond acceptors (Lipinski definition) is 4. The highest BCUT2D eigenvalue weighted by Gasteiger charge is 2.28. The second-order valence-electron chi connectivity index (χ2n) is 8.55. The number of H-pyrrole nitrogens is 1. The van der Waals surface area contributed by atoms with Gasteiger partial charge in [-0.1, -0.05) is 18.2 Å². The lowest BCUT2D eigenvalue weighted by Gasteiger charge is -2.17. The number of amides is 1. The molecule has 0 unspecified atom stereocenters. The fourth-order valence-electron chi connectivity index (χ4n) is 3.91. The van der Waals surface area contributed by atoms with E-state index in [1.165, 1.54) is 40.7 Å². The van der Waals surface area contributed by atoms with Crippen molar-refractivity contribution in [3.05, 3.63) is 80.3 Å². The monoisotopic (exact) mass is 500 g/mol. The Kier molecular flexibility index (Phi) is 6.25. The third-order valence-corrected chi connectivity index (χ3v) is 5.76. The molecule has 2 N–H and O–H groups in total. The lowest BCUT2D eigenvalue weighted by Crippen LogP contribution is -2.33. The van der Waals surface area contributed by atoms with Crippen LogP contribution in [0.3, 0.4) is 0 Å². The average molecular weight is 500 g/mol. The number of hydrogen-bond donors (Lipinski definition) is 2. The number of benzene rings is 1. The minimum absolute atomic E-state index is 0.00542. The van der Waals surface area contributed by atoms with Crippen LogP contribution in [0.4, 0.5) is 13.2 Å². The molecule has 4 aromatic rings. The van der Waals surface area contributed by atoms with Crippen LogP contribution in [0.2, 0.25) is 0 Å². The van der Waals surface area contributed by atoms with Crippen molar-refractivity contribution in [2.24, 2.45) is 14.1 Å². The van der Waals surface area contributed by atoms with Crippen molar-refractivity contribution in [3.63, 3.8) is 0 Å². The van der Waals surface area contributed by atoms with Gasteiger partial charge in [-0.2, -0.15) is 13.2 Å². The molecule has 0 aliphatic rings. The molecule has 0 radical (unpaired) electrons. The summed E-state index contributed by atoms with van der Waals surface area (Å²) in [6.07, 6.45) is -1.58. The Bertz CT molecular complexity index is 1590. The number of nitrogens with one attached hydrogen (secondary N) is 2. The molecule has 0 spiro atoms. The molecule has 4 rings (SSSR count). The van der Waals surface area contributed by atoms with E-state index in [9.17, 15) is 27.6 Å². The Morgan fingerprint density at radius 1 is 1.03 bits per heavy atom. The van der Waals surface area contributed by atoms with Crippen molar-refractivity contribution >= 4 is 16.8 Å². The van der Waals surface area contributed by atoms with Gasteiger partial charge in [-0.25, -0.2) is 0 Å². The minimum Gasteiger partial charge on any atom is -0.455 e. The number of pyridine rings is 2. The van der Waals surface area contributed by atoms with Crippen molar-refractivity contribution in [2.45, 2.75) is 20.0 Å². The van der Waals surface area contributed by atoms with E-state index in [1.54, 1.807) is 12.4 Å². The maximum atomic E-state index is 12.8. The van der Waals surface area contributed by atoms with Crippen LogP contribution in [0.15, 0.2) is 52.3 Å². The predicted octanol–water partition coefficient (Wildman–Crippen LogP) is 3.93. The van der Waals surface area contributed by atoms with E-state index < -0.39 is 24.2 Å². The van der Waals surface area contributed by atoms with Crippen LogP contribution in [0.25, 0.3) is 22.0 Å². The van der Waals surface area contributed by atoms with E-state index in [0.717, 1.165) is 11.1 Å². The topological polar surface area (TPSA) is 98.1 Å². The van der Waals surface area contributed by atoms with Gasteiger partial charge in [0.2, 0.25) is 0 Å². The van der Waals surface area contributed by atoms with Gasteiger partial charge >= 0.3 is 6.18 Å². The first-order valence-corrected chi connectivity index (χ1v) is 10.9. The van der Waals surface area contributed by atoms with Crippen LogP contribution in [-0.2, 0) is 14.1 Å². The molecule has 0 atom stereocenters.